The van der Waals surface area contributed by atoms with Crippen molar-refractivity contribution in [3.63, 3.8) is 0 Å². The molecule has 0 aliphatic heterocycles. The highest BCUT2D eigenvalue weighted by Gasteiger charge is 2.31. The number of nitrogens with zero attached hydrogens (tertiary/aromatic N) is 1. The molecule has 0 radical (unpaired) electrons. The van der Waals surface area contributed by atoms with E-state index in [1.165, 1.54) is 6.42 Å². The number of amides is 2. The summed E-state index contributed by atoms with van der Waals surface area (Å²) in [6, 6.07) is 27.6. The van der Waals surface area contributed by atoms with Gasteiger partial charge in [0.05, 0.1) is 6.42 Å². The number of carbonyl (C=O) groups excluding carboxylic acids is 2. The molecular weight excluding hydrogens is 432 g/mol. The van der Waals surface area contributed by atoms with E-state index < -0.39 is 6.04 Å². The summed E-state index contributed by atoms with van der Waals surface area (Å²) in [5.74, 6) is -0.0766. The molecule has 1 saturated carbocycles. The average Bonchev–Trinajstić information content (AvgIpc) is 2.88. The molecule has 4 nitrogen and oxygen atoms in total. The molecule has 0 spiro atoms. The first-order valence-electron chi connectivity index (χ1n) is 12.8. The van der Waals surface area contributed by atoms with Gasteiger partial charge >= 0.3 is 0 Å². The van der Waals surface area contributed by atoms with Crippen LogP contribution in [0.3, 0.4) is 0 Å². The Morgan fingerprint density at radius 2 is 1.46 bits per heavy atom. The summed E-state index contributed by atoms with van der Waals surface area (Å²) in [7, 11) is 0. The first-order chi connectivity index (χ1) is 17.1. The predicted octanol–water partition coefficient (Wildman–Crippen LogP) is 5.63. The van der Waals surface area contributed by atoms with Gasteiger partial charge in [0.15, 0.2) is 0 Å². The van der Waals surface area contributed by atoms with E-state index in [0.717, 1.165) is 47.9 Å². The van der Waals surface area contributed by atoms with Gasteiger partial charge < -0.3 is 10.2 Å². The molecule has 1 aliphatic carbocycles. The summed E-state index contributed by atoms with van der Waals surface area (Å²) in [6.45, 7) is 2.46. The van der Waals surface area contributed by atoms with E-state index in [9.17, 15) is 9.59 Å². The SMILES string of the molecule is Cc1cccc(CN(C(=O)Cc2ccccc2)[C@H](Cc2ccccc2)C(=O)NC2CCCCC2)c1. The van der Waals surface area contributed by atoms with Crippen molar-refractivity contribution in [3.05, 3.63) is 107 Å². The number of rotatable bonds is 9. The fourth-order valence-corrected chi connectivity index (χ4v) is 4.98. The highest BCUT2D eigenvalue weighted by molar-refractivity contribution is 5.89. The van der Waals surface area contributed by atoms with Crippen molar-refractivity contribution >= 4 is 11.8 Å². The van der Waals surface area contributed by atoms with Gasteiger partial charge in [0.25, 0.3) is 0 Å². The van der Waals surface area contributed by atoms with Crippen molar-refractivity contribution in [1.82, 2.24) is 10.2 Å². The van der Waals surface area contributed by atoms with Gasteiger partial charge in [-0.15, -0.1) is 0 Å². The fraction of sp³-hybridized carbons (Fsp3) is 0.355. The molecule has 0 unspecified atom stereocenters. The minimum Gasteiger partial charge on any atom is -0.352 e. The third-order valence-corrected chi connectivity index (χ3v) is 6.86. The fourth-order valence-electron chi connectivity index (χ4n) is 4.98. The summed E-state index contributed by atoms with van der Waals surface area (Å²) in [4.78, 5) is 29.3. The Hall–Kier alpha value is -3.40. The van der Waals surface area contributed by atoms with Gasteiger partial charge in [-0.05, 0) is 36.5 Å². The number of benzene rings is 3. The maximum Gasteiger partial charge on any atom is 0.243 e. The van der Waals surface area contributed by atoms with Crippen LogP contribution in [0.15, 0.2) is 84.9 Å². The quantitative estimate of drug-likeness (QED) is 0.443. The maximum atomic E-state index is 13.8. The van der Waals surface area contributed by atoms with E-state index in [-0.39, 0.29) is 24.3 Å². The Kier molecular flexibility index (Phi) is 8.72. The van der Waals surface area contributed by atoms with Crippen molar-refractivity contribution in [3.8, 4) is 0 Å². The highest BCUT2D eigenvalue weighted by Crippen LogP contribution is 2.20. The number of hydrogen-bond donors (Lipinski definition) is 1. The molecule has 1 aliphatic rings. The second kappa shape index (κ2) is 12.3. The van der Waals surface area contributed by atoms with Crippen LogP contribution in [0.1, 0.15) is 54.4 Å². The predicted molar refractivity (Wildman–Crippen MR) is 141 cm³/mol. The first-order valence-corrected chi connectivity index (χ1v) is 12.8. The average molecular weight is 469 g/mol. The van der Waals surface area contributed by atoms with E-state index in [2.05, 4.69) is 24.4 Å². The molecule has 2 amide bonds. The van der Waals surface area contributed by atoms with E-state index in [1.54, 1.807) is 4.90 Å². The van der Waals surface area contributed by atoms with Crippen molar-refractivity contribution < 1.29 is 9.59 Å². The molecule has 1 fully saturated rings. The molecule has 35 heavy (non-hydrogen) atoms. The molecule has 3 aromatic rings. The summed E-state index contributed by atoms with van der Waals surface area (Å²) >= 11 is 0. The zero-order valence-electron chi connectivity index (χ0n) is 20.7. The van der Waals surface area contributed by atoms with Crippen molar-refractivity contribution in [2.75, 3.05) is 0 Å². The second-order valence-electron chi connectivity index (χ2n) is 9.72. The largest absolute Gasteiger partial charge is 0.352 e. The van der Waals surface area contributed by atoms with Crippen LogP contribution >= 0.6 is 0 Å². The lowest BCUT2D eigenvalue weighted by Crippen LogP contribution is -2.53. The first kappa shape index (κ1) is 24.7. The maximum absolute atomic E-state index is 13.8. The van der Waals surface area contributed by atoms with Crippen molar-refractivity contribution in [2.24, 2.45) is 0 Å². The summed E-state index contributed by atoms with van der Waals surface area (Å²) < 4.78 is 0. The summed E-state index contributed by atoms with van der Waals surface area (Å²) in [6.07, 6.45) is 6.32. The molecule has 4 heteroatoms. The van der Waals surface area contributed by atoms with Crippen molar-refractivity contribution in [2.45, 2.75) is 70.5 Å². The minimum absolute atomic E-state index is 0.0302. The molecule has 4 rings (SSSR count). The van der Waals surface area contributed by atoms with Crippen LogP contribution in [0.2, 0.25) is 0 Å². The third kappa shape index (κ3) is 7.29. The third-order valence-electron chi connectivity index (χ3n) is 6.86. The van der Waals surface area contributed by atoms with Gasteiger partial charge in [0.1, 0.15) is 6.04 Å². The molecular formula is C31H36N2O2. The number of aryl methyl sites for hydroxylation is 1. The van der Waals surface area contributed by atoms with Crippen LogP contribution in [0.4, 0.5) is 0 Å². The molecule has 182 valence electrons. The topological polar surface area (TPSA) is 49.4 Å². The Labute approximate surface area is 209 Å². The number of nitrogens with one attached hydrogen (secondary N) is 1. The Bertz CT molecular complexity index is 1090. The van der Waals surface area contributed by atoms with Gasteiger partial charge in [-0.25, -0.2) is 0 Å². The number of hydrogen-bond acceptors (Lipinski definition) is 2. The molecule has 1 N–H and O–H groups in total. The normalized spacial score (nSPS) is 14.8. The molecule has 0 aromatic heterocycles. The monoisotopic (exact) mass is 468 g/mol. The van der Waals surface area contributed by atoms with Gasteiger partial charge in [-0.3, -0.25) is 9.59 Å². The van der Waals surface area contributed by atoms with Gasteiger partial charge in [0.2, 0.25) is 11.8 Å². The lowest BCUT2D eigenvalue weighted by Gasteiger charge is -2.33. The molecule has 3 aromatic carbocycles. The van der Waals surface area contributed by atoms with E-state index >= 15 is 0 Å². The Balaban J connectivity index is 1.64. The Morgan fingerprint density at radius 3 is 2.11 bits per heavy atom. The van der Waals surface area contributed by atoms with Crippen LogP contribution in [0.5, 0.6) is 0 Å². The van der Waals surface area contributed by atoms with E-state index in [1.807, 2.05) is 72.8 Å². The van der Waals surface area contributed by atoms with Crippen LogP contribution in [0, 0.1) is 6.92 Å². The zero-order valence-corrected chi connectivity index (χ0v) is 20.7. The van der Waals surface area contributed by atoms with Crippen LogP contribution in [-0.4, -0.2) is 28.8 Å². The van der Waals surface area contributed by atoms with Crippen LogP contribution in [-0.2, 0) is 29.0 Å². The van der Waals surface area contributed by atoms with Gasteiger partial charge in [-0.2, -0.15) is 0 Å². The molecule has 1 atom stereocenters. The molecule has 0 bridgehead atoms. The lowest BCUT2D eigenvalue weighted by atomic mass is 9.94. The minimum atomic E-state index is -0.573. The van der Waals surface area contributed by atoms with Crippen LogP contribution < -0.4 is 5.32 Å². The standard InChI is InChI=1S/C31H36N2O2/c1-24-12-11-17-27(20-24)23-33(30(34)22-26-15-7-3-8-16-26)29(21-25-13-5-2-6-14-25)31(35)32-28-18-9-4-10-19-28/h2-3,5-8,11-17,20,28-29H,4,9-10,18-19,21-23H2,1H3,(H,32,35)/t29-/m1/s1. The summed E-state index contributed by atoms with van der Waals surface area (Å²) in [5, 5.41) is 3.30. The Morgan fingerprint density at radius 1 is 0.829 bits per heavy atom. The lowest BCUT2D eigenvalue weighted by molar-refractivity contribution is -0.141. The molecule has 0 heterocycles. The zero-order chi connectivity index (χ0) is 24.5. The van der Waals surface area contributed by atoms with Crippen molar-refractivity contribution in [1.29, 1.82) is 0 Å². The smallest absolute Gasteiger partial charge is 0.243 e. The summed E-state index contributed by atoms with van der Waals surface area (Å²) in [5.41, 5.74) is 4.19. The van der Waals surface area contributed by atoms with Gasteiger partial charge in [0, 0.05) is 19.0 Å². The van der Waals surface area contributed by atoms with E-state index in [4.69, 9.17) is 0 Å². The highest BCUT2D eigenvalue weighted by atomic mass is 16.2. The molecule has 0 saturated heterocycles. The van der Waals surface area contributed by atoms with Gasteiger partial charge in [-0.1, -0.05) is 110 Å². The van der Waals surface area contributed by atoms with E-state index in [0.29, 0.717) is 13.0 Å². The number of carbonyl (C=O) groups is 2. The van der Waals surface area contributed by atoms with Crippen LogP contribution in [0.25, 0.3) is 0 Å². The second-order valence-corrected chi connectivity index (χ2v) is 9.72.